The zero-order chi connectivity index (χ0) is 24.7. The zero-order valence-corrected chi connectivity index (χ0v) is 21.3. The molecule has 1 aromatic carbocycles. The SMILES string of the molecule is COc1ccc(-c2cc(C(=O)N[C@@H]3CCCC[C@@H]3C)c3c(C)nn([C@H]4CCS(=O)(=O)C4)c3n2)cc1. The first-order valence-electron chi connectivity index (χ1n) is 12.3. The summed E-state index contributed by atoms with van der Waals surface area (Å²) in [4.78, 5) is 18.6. The molecule has 1 N–H and O–H groups in total. The van der Waals surface area contributed by atoms with Gasteiger partial charge in [-0.25, -0.2) is 18.1 Å². The molecule has 1 amide bonds. The lowest BCUT2D eigenvalue weighted by atomic mass is 9.86. The van der Waals surface area contributed by atoms with Crippen LogP contribution >= 0.6 is 0 Å². The predicted octanol–water partition coefficient (Wildman–Crippen LogP) is 4.08. The number of aryl methyl sites for hydroxylation is 1. The molecule has 3 aromatic rings. The Morgan fingerprint density at radius 1 is 1.14 bits per heavy atom. The van der Waals surface area contributed by atoms with Crippen molar-refractivity contribution in [2.75, 3.05) is 18.6 Å². The monoisotopic (exact) mass is 496 g/mol. The van der Waals surface area contributed by atoms with Crippen LogP contribution in [0.5, 0.6) is 5.75 Å². The van der Waals surface area contributed by atoms with Crippen LogP contribution in [-0.2, 0) is 9.84 Å². The Bertz CT molecular complexity index is 1360. The van der Waals surface area contributed by atoms with Crippen LogP contribution in [0, 0.1) is 12.8 Å². The molecule has 2 fully saturated rings. The number of methoxy groups -OCH3 is 1. The van der Waals surface area contributed by atoms with Crippen molar-refractivity contribution in [3.63, 3.8) is 0 Å². The van der Waals surface area contributed by atoms with Gasteiger partial charge in [0.05, 0.1) is 47.0 Å². The van der Waals surface area contributed by atoms with Gasteiger partial charge in [0.1, 0.15) is 5.75 Å². The number of pyridine rings is 1. The summed E-state index contributed by atoms with van der Waals surface area (Å²) in [6.07, 6.45) is 4.90. The number of rotatable bonds is 5. The van der Waals surface area contributed by atoms with Gasteiger partial charge in [0, 0.05) is 11.6 Å². The maximum absolute atomic E-state index is 13.7. The third-order valence-electron chi connectivity index (χ3n) is 7.45. The molecule has 3 heterocycles. The smallest absolute Gasteiger partial charge is 0.252 e. The molecule has 186 valence electrons. The van der Waals surface area contributed by atoms with Gasteiger partial charge in [-0.15, -0.1) is 0 Å². The lowest BCUT2D eigenvalue weighted by Gasteiger charge is -2.29. The van der Waals surface area contributed by atoms with Crippen molar-refractivity contribution in [2.45, 2.75) is 58.0 Å². The molecule has 0 unspecified atom stereocenters. The normalized spacial score (nSPS) is 23.9. The van der Waals surface area contributed by atoms with E-state index in [-0.39, 0.29) is 29.5 Å². The number of benzene rings is 1. The summed E-state index contributed by atoms with van der Waals surface area (Å²) in [7, 11) is -1.49. The number of nitrogens with zero attached hydrogens (tertiary/aromatic N) is 3. The maximum atomic E-state index is 13.7. The molecular weight excluding hydrogens is 464 g/mol. The van der Waals surface area contributed by atoms with Gasteiger partial charge in [-0.05, 0) is 62.4 Å². The number of ether oxygens (including phenoxy) is 1. The Balaban J connectivity index is 1.63. The summed E-state index contributed by atoms with van der Waals surface area (Å²) in [5.74, 6) is 1.21. The van der Waals surface area contributed by atoms with Crippen LogP contribution < -0.4 is 10.1 Å². The summed E-state index contributed by atoms with van der Waals surface area (Å²) in [6.45, 7) is 4.05. The predicted molar refractivity (Wildman–Crippen MR) is 135 cm³/mol. The first-order chi connectivity index (χ1) is 16.8. The number of aromatic nitrogens is 3. The van der Waals surface area contributed by atoms with Gasteiger partial charge in [-0.1, -0.05) is 19.8 Å². The average Bonchev–Trinajstić information content (AvgIpc) is 3.38. The first kappa shape index (κ1) is 23.8. The molecule has 1 aliphatic carbocycles. The van der Waals surface area contributed by atoms with E-state index in [2.05, 4.69) is 12.2 Å². The maximum Gasteiger partial charge on any atom is 0.252 e. The molecule has 35 heavy (non-hydrogen) atoms. The Labute approximate surface area is 206 Å². The van der Waals surface area contributed by atoms with Crippen molar-refractivity contribution in [3.8, 4) is 17.0 Å². The number of sulfone groups is 1. The third kappa shape index (κ3) is 4.66. The third-order valence-corrected chi connectivity index (χ3v) is 9.20. The van der Waals surface area contributed by atoms with Crippen LogP contribution in [0.25, 0.3) is 22.3 Å². The van der Waals surface area contributed by atoms with E-state index >= 15 is 0 Å². The largest absolute Gasteiger partial charge is 0.497 e. The highest BCUT2D eigenvalue weighted by atomic mass is 32.2. The lowest BCUT2D eigenvalue weighted by Crippen LogP contribution is -2.41. The van der Waals surface area contributed by atoms with Crippen LogP contribution in [0.1, 0.15) is 61.1 Å². The molecule has 0 radical (unpaired) electrons. The van der Waals surface area contributed by atoms with Crippen molar-refractivity contribution in [1.82, 2.24) is 20.1 Å². The Hall–Kier alpha value is -2.94. The molecule has 8 nitrogen and oxygen atoms in total. The average molecular weight is 497 g/mol. The molecule has 1 saturated carbocycles. The quantitative estimate of drug-likeness (QED) is 0.571. The molecule has 0 spiro atoms. The van der Waals surface area contributed by atoms with Gasteiger partial charge in [-0.2, -0.15) is 5.10 Å². The van der Waals surface area contributed by atoms with Gasteiger partial charge >= 0.3 is 0 Å². The van der Waals surface area contributed by atoms with E-state index in [4.69, 9.17) is 14.8 Å². The van der Waals surface area contributed by atoms with E-state index in [1.54, 1.807) is 11.8 Å². The molecule has 5 rings (SSSR count). The fourth-order valence-electron chi connectivity index (χ4n) is 5.40. The van der Waals surface area contributed by atoms with E-state index in [9.17, 15) is 13.2 Å². The molecule has 1 saturated heterocycles. The number of carbonyl (C=O) groups is 1. The number of fused-ring (bicyclic) bond motifs is 1. The zero-order valence-electron chi connectivity index (χ0n) is 20.5. The molecule has 9 heteroatoms. The Morgan fingerprint density at radius 3 is 2.54 bits per heavy atom. The van der Waals surface area contributed by atoms with Crippen LogP contribution in [0.3, 0.4) is 0 Å². The summed E-state index contributed by atoms with van der Waals surface area (Å²) >= 11 is 0. The second-order valence-electron chi connectivity index (χ2n) is 9.91. The molecule has 2 aliphatic rings. The van der Waals surface area contributed by atoms with Crippen LogP contribution in [0.15, 0.2) is 30.3 Å². The van der Waals surface area contributed by atoms with Crippen molar-refractivity contribution in [3.05, 3.63) is 41.6 Å². The summed E-state index contributed by atoms with van der Waals surface area (Å²) in [6, 6.07) is 9.21. The van der Waals surface area contributed by atoms with Crippen molar-refractivity contribution >= 4 is 26.8 Å². The minimum Gasteiger partial charge on any atom is -0.497 e. The van der Waals surface area contributed by atoms with Crippen molar-refractivity contribution in [1.29, 1.82) is 0 Å². The fraction of sp³-hybridized carbons (Fsp3) is 0.500. The molecule has 2 aromatic heterocycles. The van der Waals surface area contributed by atoms with Gasteiger partial charge in [0.2, 0.25) is 0 Å². The van der Waals surface area contributed by atoms with Gasteiger partial charge in [-0.3, -0.25) is 4.79 Å². The number of nitrogens with one attached hydrogen (secondary N) is 1. The summed E-state index contributed by atoms with van der Waals surface area (Å²) < 4.78 is 31.4. The van der Waals surface area contributed by atoms with Gasteiger partial charge < -0.3 is 10.1 Å². The summed E-state index contributed by atoms with van der Waals surface area (Å²) in [5.41, 5.74) is 3.25. The fourth-order valence-corrected chi connectivity index (χ4v) is 7.09. The number of amides is 1. The Kier molecular flexibility index (Phi) is 6.29. The highest BCUT2D eigenvalue weighted by Gasteiger charge is 2.33. The first-order valence-corrected chi connectivity index (χ1v) is 14.1. The van der Waals surface area contributed by atoms with Crippen LogP contribution in [0.4, 0.5) is 0 Å². The highest BCUT2D eigenvalue weighted by Crippen LogP contribution is 2.33. The van der Waals surface area contributed by atoms with Crippen LogP contribution in [0.2, 0.25) is 0 Å². The minimum atomic E-state index is -3.11. The van der Waals surface area contributed by atoms with E-state index in [1.165, 1.54) is 6.42 Å². The second kappa shape index (κ2) is 9.26. The number of hydrogen-bond acceptors (Lipinski definition) is 6. The van der Waals surface area contributed by atoms with E-state index in [0.29, 0.717) is 40.3 Å². The lowest BCUT2D eigenvalue weighted by molar-refractivity contribution is 0.0912. The molecular formula is C26H32N4O4S. The minimum absolute atomic E-state index is 0.0405. The summed E-state index contributed by atoms with van der Waals surface area (Å²) in [5, 5.41) is 8.66. The van der Waals surface area contributed by atoms with Gasteiger partial charge in [0.25, 0.3) is 5.91 Å². The second-order valence-corrected chi connectivity index (χ2v) is 12.1. The molecule has 3 atom stereocenters. The van der Waals surface area contributed by atoms with Crippen LogP contribution in [-0.4, -0.2) is 53.7 Å². The topological polar surface area (TPSA) is 103 Å². The number of carbonyl (C=O) groups excluding carboxylic acids is 1. The highest BCUT2D eigenvalue weighted by molar-refractivity contribution is 7.91. The van der Waals surface area contributed by atoms with E-state index in [1.807, 2.05) is 37.3 Å². The van der Waals surface area contributed by atoms with E-state index in [0.717, 1.165) is 30.6 Å². The molecule has 0 bridgehead atoms. The van der Waals surface area contributed by atoms with Gasteiger partial charge in [0.15, 0.2) is 15.5 Å². The number of hydrogen-bond donors (Lipinski definition) is 1. The standard InChI is InChI=1S/C26H32N4O4S/c1-16-6-4-5-7-22(16)28-26(31)21-14-23(18-8-10-20(34-3)11-9-18)27-25-24(21)17(2)29-30(25)19-12-13-35(32,33)15-19/h8-11,14,16,19,22H,4-7,12-13,15H2,1-3H3,(H,28,31)/t16-,19-,22+/m0/s1. The van der Waals surface area contributed by atoms with Crippen molar-refractivity contribution < 1.29 is 17.9 Å². The van der Waals surface area contributed by atoms with Crippen molar-refractivity contribution in [2.24, 2.45) is 5.92 Å². The Morgan fingerprint density at radius 2 is 1.89 bits per heavy atom. The van der Waals surface area contributed by atoms with E-state index < -0.39 is 9.84 Å². The molecule has 1 aliphatic heterocycles.